The highest BCUT2D eigenvalue weighted by Crippen LogP contribution is 2.06. The van der Waals surface area contributed by atoms with Crippen LogP contribution in [0.5, 0.6) is 0 Å². The van der Waals surface area contributed by atoms with Gasteiger partial charge in [0.25, 0.3) is 0 Å². The molecule has 1 amide bonds. The molecule has 0 radical (unpaired) electrons. The van der Waals surface area contributed by atoms with Gasteiger partial charge in [0.2, 0.25) is 5.91 Å². The summed E-state index contributed by atoms with van der Waals surface area (Å²) in [5, 5.41) is 2.75. The Balaban J connectivity index is 2.10. The average Bonchev–Trinajstić information content (AvgIpc) is 2.37. The number of hydrogen-bond acceptors (Lipinski definition) is 4. The Hall–Kier alpha value is -1.59. The van der Waals surface area contributed by atoms with Gasteiger partial charge in [-0.3, -0.25) is 4.79 Å². The van der Waals surface area contributed by atoms with Gasteiger partial charge in [-0.2, -0.15) is 0 Å². The van der Waals surface area contributed by atoms with Crippen LogP contribution < -0.4 is 11.1 Å². The van der Waals surface area contributed by atoms with E-state index in [1.807, 2.05) is 24.3 Å². The molecule has 3 N–H and O–H groups in total. The van der Waals surface area contributed by atoms with Crippen LogP contribution in [0.25, 0.3) is 0 Å². The number of carbonyl (C=O) groups excluding carboxylic acids is 1. The maximum atomic E-state index is 11.4. The Morgan fingerprint density at radius 2 is 2.06 bits per heavy atom. The molecule has 100 valence electrons. The first-order valence-electron chi connectivity index (χ1n) is 5.90. The first-order valence-corrected chi connectivity index (χ1v) is 5.90. The van der Waals surface area contributed by atoms with Crippen molar-refractivity contribution in [3.8, 4) is 0 Å². The molecular weight excluding hydrogens is 232 g/mol. The highest BCUT2D eigenvalue weighted by molar-refractivity contribution is 5.77. The summed E-state index contributed by atoms with van der Waals surface area (Å²) >= 11 is 0. The quantitative estimate of drug-likeness (QED) is 0.533. The van der Waals surface area contributed by atoms with E-state index < -0.39 is 0 Å². The van der Waals surface area contributed by atoms with E-state index in [1.54, 1.807) is 7.11 Å². The molecule has 5 nitrogen and oxygen atoms in total. The molecule has 0 aromatic heterocycles. The lowest BCUT2D eigenvalue weighted by Gasteiger charge is -2.06. The average molecular weight is 252 g/mol. The van der Waals surface area contributed by atoms with Crippen LogP contribution in [0, 0.1) is 0 Å². The van der Waals surface area contributed by atoms with Gasteiger partial charge in [-0.15, -0.1) is 0 Å². The first kappa shape index (κ1) is 14.5. The number of nitrogens with one attached hydrogen (secondary N) is 1. The summed E-state index contributed by atoms with van der Waals surface area (Å²) in [5.41, 5.74) is 7.28. The van der Waals surface area contributed by atoms with Gasteiger partial charge < -0.3 is 20.5 Å². The van der Waals surface area contributed by atoms with Crippen LogP contribution in [-0.4, -0.2) is 32.8 Å². The smallest absolute Gasteiger partial charge is 0.246 e. The van der Waals surface area contributed by atoms with Gasteiger partial charge in [0, 0.05) is 25.9 Å². The summed E-state index contributed by atoms with van der Waals surface area (Å²) in [7, 11) is 1.64. The minimum atomic E-state index is -0.110. The van der Waals surface area contributed by atoms with Crippen LogP contribution >= 0.6 is 0 Å². The third-order valence-corrected chi connectivity index (χ3v) is 2.33. The van der Waals surface area contributed by atoms with Crippen molar-refractivity contribution < 1.29 is 14.3 Å². The zero-order valence-electron chi connectivity index (χ0n) is 10.6. The molecule has 0 aliphatic rings. The van der Waals surface area contributed by atoms with Crippen LogP contribution in [-0.2, 0) is 20.9 Å². The fourth-order valence-electron chi connectivity index (χ4n) is 1.37. The normalized spacial score (nSPS) is 10.3. The molecule has 0 saturated carbocycles. The molecule has 18 heavy (non-hydrogen) atoms. The molecule has 0 fully saturated rings. The maximum Gasteiger partial charge on any atom is 0.246 e. The zero-order valence-corrected chi connectivity index (χ0v) is 10.6. The van der Waals surface area contributed by atoms with Gasteiger partial charge in [-0.25, -0.2) is 0 Å². The van der Waals surface area contributed by atoms with Crippen molar-refractivity contribution in [1.29, 1.82) is 0 Å². The molecule has 1 aromatic carbocycles. The van der Waals surface area contributed by atoms with E-state index in [9.17, 15) is 4.79 Å². The number of ether oxygens (including phenoxy) is 2. The molecular formula is C13H20N2O3. The molecule has 0 heterocycles. The van der Waals surface area contributed by atoms with Crippen LogP contribution in [0.1, 0.15) is 12.0 Å². The van der Waals surface area contributed by atoms with E-state index in [2.05, 4.69) is 5.32 Å². The Morgan fingerprint density at radius 1 is 1.33 bits per heavy atom. The van der Waals surface area contributed by atoms with Gasteiger partial charge in [0.05, 0.1) is 6.61 Å². The van der Waals surface area contributed by atoms with Crippen molar-refractivity contribution in [2.24, 2.45) is 0 Å². The molecule has 0 atom stereocenters. The summed E-state index contributed by atoms with van der Waals surface area (Å²) in [5.74, 6) is -0.110. The SMILES string of the molecule is COCCCNC(=O)COCc1ccc(N)cc1. The Kier molecular flexibility index (Phi) is 6.83. The molecule has 1 aromatic rings. The van der Waals surface area contributed by atoms with Crippen LogP contribution in [0.15, 0.2) is 24.3 Å². The highest BCUT2D eigenvalue weighted by Gasteiger charge is 2.01. The lowest BCUT2D eigenvalue weighted by Crippen LogP contribution is -2.28. The minimum Gasteiger partial charge on any atom is -0.399 e. The lowest BCUT2D eigenvalue weighted by molar-refractivity contribution is -0.126. The van der Waals surface area contributed by atoms with Gasteiger partial charge in [-0.1, -0.05) is 12.1 Å². The van der Waals surface area contributed by atoms with Crippen LogP contribution in [0.3, 0.4) is 0 Å². The maximum absolute atomic E-state index is 11.4. The number of methoxy groups -OCH3 is 1. The number of nitrogens with two attached hydrogens (primary N) is 1. The largest absolute Gasteiger partial charge is 0.399 e. The standard InChI is InChI=1S/C13H20N2O3/c1-17-8-2-7-15-13(16)10-18-9-11-3-5-12(14)6-4-11/h3-6H,2,7-10,14H2,1H3,(H,15,16). The first-order chi connectivity index (χ1) is 8.72. The number of benzene rings is 1. The summed E-state index contributed by atoms with van der Waals surface area (Å²) in [6.07, 6.45) is 0.806. The second-order valence-corrected chi connectivity index (χ2v) is 3.93. The van der Waals surface area contributed by atoms with E-state index in [0.717, 1.165) is 17.7 Å². The monoisotopic (exact) mass is 252 g/mol. The minimum absolute atomic E-state index is 0.0668. The second-order valence-electron chi connectivity index (χ2n) is 3.93. The van der Waals surface area contributed by atoms with Gasteiger partial charge in [0.1, 0.15) is 6.61 Å². The Labute approximate surface area is 107 Å². The topological polar surface area (TPSA) is 73.6 Å². The Morgan fingerprint density at radius 3 is 2.72 bits per heavy atom. The van der Waals surface area contributed by atoms with Gasteiger partial charge in [-0.05, 0) is 24.1 Å². The van der Waals surface area contributed by atoms with Crippen molar-refractivity contribution >= 4 is 11.6 Å². The summed E-state index contributed by atoms with van der Waals surface area (Å²) < 4.78 is 10.2. The highest BCUT2D eigenvalue weighted by atomic mass is 16.5. The van der Waals surface area contributed by atoms with Crippen molar-refractivity contribution in [2.75, 3.05) is 32.6 Å². The van der Waals surface area contributed by atoms with E-state index in [4.69, 9.17) is 15.2 Å². The van der Waals surface area contributed by atoms with Crippen LogP contribution in [0.2, 0.25) is 0 Å². The predicted octanol–water partition coefficient (Wildman–Crippen LogP) is 0.938. The number of nitrogen functional groups attached to an aromatic ring is 1. The molecule has 0 bridgehead atoms. The summed E-state index contributed by atoms with van der Waals surface area (Å²) in [6, 6.07) is 7.38. The third kappa shape index (κ3) is 6.22. The molecule has 0 unspecified atom stereocenters. The van der Waals surface area contributed by atoms with Crippen LogP contribution in [0.4, 0.5) is 5.69 Å². The molecule has 1 rings (SSSR count). The second kappa shape index (κ2) is 8.49. The molecule has 0 aliphatic heterocycles. The van der Waals surface area contributed by atoms with Crippen molar-refractivity contribution in [3.05, 3.63) is 29.8 Å². The van der Waals surface area contributed by atoms with E-state index >= 15 is 0 Å². The van der Waals surface area contributed by atoms with Gasteiger partial charge in [0.15, 0.2) is 0 Å². The lowest BCUT2D eigenvalue weighted by atomic mass is 10.2. The molecule has 0 saturated heterocycles. The fraction of sp³-hybridized carbons (Fsp3) is 0.462. The van der Waals surface area contributed by atoms with E-state index in [1.165, 1.54) is 0 Å². The molecule has 0 aliphatic carbocycles. The zero-order chi connectivity index (χ0) is 13.2. The van der Waals surface area contributed by atoms with Crippen molar-refractivity contribution in [3.63, 3.8) is 0 Å². The predicted molar refractivity (Wildman–Crippen MR) is 70.0 cm³/mol. The van der Waals surface area contributed by atoms with Gasteiger partial charge >= 0.3 is 0 Å². The third-order valence-electron chi connectivity index (χ3n) is 2.33. The molecule has 0 spiro atoms. The van der Waals surface area contributed by atoms with Crippen molar-refractivity contribution in [1.82, 2.24) is 5.32 Å². The number of rotatable bonds is 8. The molecule has 5 heteroatoms. The fourth-order valence-corrected chi connectivity index (χ4v) is 1.37. The summed E-state index contributed by atoms with van der Waals surface area (Å²) in [6.45, 7) is 1.73. The number of carbonyl (C=O) groups is 1. The van der Waals surface area contributed by atoms with E-state index in [0.29, 0.717) is 19.8 Å². The van der Waals surface area contributed by atoms with Crippen molar-refractivity contribution in [2.45, 2.75) is 13.0 Å². The number of amides is 1. The number of hydrogen-bond donors (Lipinski definition) is 2. The van der Waals surface area contributed by atoms with E-state index in [-0.39, 0.29) is 12.5 Å². The number of anilines is 1. The summed E-state index contributed by atoms with van der Waals surface area (Å²) in [4.78, 5) is 11.4. The Bertz CT molecular complexity index is 352.